The van der Waals surface area contributed by atoms with Gasteiger partial charge in [-0.25, -0.2) is 4.39 Å². The second-order valence-electron chi connectivity index (χ2n) is 6.13. The zero-order valence-corrected chi connectivity index (χ0v) is 15.2. The predicted octanol–water partition coefficient (Wildman–Crippen LogP) is 3.47. The van der Waals surface area contributed by atoms with Crippen molar-refractivity contribution in [1.82, 2.24) is 5.32 Å². The fourth-order valence-electron chi connectivity index (χ4n) is 2.48. The van der Waals surface area contributed by atoms with Gasteiger partial charge in [-0.15, -0.1) is 0 Å². The van der Waals surface area contributed by atoms with E-state index in [1.54, 1.807) is 12.1 Å². The van der Waals surface area contributed by atoms with Crippen molar-refractivity contribution in [2.75, 3.05) is 6.61 Å². The van der Waals surface area contributed by atoms with Crippen LogP contribution in [-0.4, -0.2) is 18.4 Å². The fraction of sp³-hybridized carbons (Fsp3) is 0.263. The van der Waals surface area contributed by atoms with Crippen LogP contribution in [0.2, 0.25) is 5.02 Å². The first-order chi connectivity index (χ1) is 12.3. The molecule has 2 aromatic carbocycles. The van der Waals surface area contributed by atoms with E-state index in [2.05, 4.69) is 5.32 Å². The van der Waals surface area contributed by atoms with Gasteiger partial charge in [-0.1, -0.05) is 37.6 Å². The molecule has 5 nitrogen and oxygen atoms in total. The minimum Gasteiger partial charge on any atom is -0.483 e. The van der Waals surface area contributed by atoms with Gasteiger partial charge in [-0.3, -0.25) is 9.59 Å². The van der Waals surface area contributed by atoms with Gasteiger partial charge in [0.2, 0.25) is 0 Å². The third kappa shape index (κ3) is 5.20. The van der Waals surface area contributed by atoms with E-state index in [1.165, 1.54) is 30.3 Å². The Hall–Kier alpha value is -2.60. The highest BCUT2D eigenvalue weighted by Crippen LogP contribution is 2.24. The van der Waals surface area contributed by atoms with Crippen molar-refractivity contribution in [3.05, 3.63) is 64.4 Å². The van der Waals surface area contributed by atoms with E-state index in [0.717, 1.165) is 5.56 Å². The number of benzene rings is 2. The van der Waals surface area contributed by atoms with Crippen LogP contribution in [0.5, 0.6) is 5.75 Å². The summed E-state index contributed by atoms with van der Waals surface area (Å²) in [4.78, 5) is 23.7. The van der Waals surface area contributed by atoms with Crippen LogP contribution in [0.25, 0.3) is 0 Å². The van der Waals surface area contributed by atoms with E-state index in [0.29, 0.717) is 5.02 Å². The van der Waals surface area contributed by atoms with Gasteiger partial charge in [0, 0.05) is 5.02 Å². The van der Waals surface area contributed by atoms with Crippen LogP contribution in [0.3, 0.4) is 0 Å². The SMILES string of the molecule is CC(C)C(NC(=O)COc1ccc(Cl)cc1C(N)=O)c1ccc(F)cc1. The molecule has 0 spiro atoms. The maximum absolute atomic E-state index is 13.1. The number of carbonyl (C=O) groups excluding carboxylic acids is 2. The lowest BCUT2D eigenvalue weighted by atomic mass is 9.96. The fourth-order valence-corrected chi connectivity index (χ4v) is 2.66. The van der Waals surface area contributed by atoms with Crippen LogP contribution in [0.1, 0.15) is 35.8 Å². The highest BCUT2D eigenvalue weighted by molar-refractivity contribution is 6.31. The molecule has 3 N–H and O–H groups in total. The largest absolute Gasteiger partial charge is 0.483 e. The summed E-state index contributed by atoms with van der Waals surface area (Å²) in [5.41, 5.74) is 6.18. The first-order valence-corrected chi connectivity index (χ1v) is 8.42. The molecule has 0 radical (unpaired) electrons. The Kier molecular flexibility index (Phi) is 6.58. The Morgan fingerprint density at radius 1 is 1.19 bits per heavy atom. The Balaban J connectivity index is 2.05. The number of ether oxygens (including phenoxy) is 1. The molecule has 2 amide bonds. The summed E-state index contributed by atoms with van der Waals surface area (Å²) in [5, 5.41) is 3.19. The first-order valence-electron chi connectivity index (χ1n) is 8.05. The van der Waals surface area contributed by atoms with Crippen LogP contribution in [0.4, 0.5) is 4.39 Å². The summed E-state index contributed by atoms with van der Waals surface area (Å²) in [5.74, 6) is -1.15. The van der Waals surface area contributed by atoms with E-state index in [-0.39, 0.29) is 41.6 Å². The highest BCUT2D eigenvalue weighted by atomic mass is 35.5. The van der Waals surface area contributed by atoms with Gasteiger partial charge in [0.05, 0.1) is 11.6 Å². The molecular weight excluding hydrogens is 359 g/mol. The number of rotatable bonds is 7. The van der Waals surface area contributed by atoms with E-state index >= 15 is 0 Å². The molecule has 0 bridgehead atoms. The Bertz CT molecular complexity index is 794. The third-order valence-corrected chi connectivity index (χ3v) is 4.01. The summed E-state index contributed by atoms with van der Waals surface area (Å²) in [6.07, 6.45) is 0. The molecule has 26 heavy (non-hydrogen) atoms. The smallest absolute Gasteiger partial charge is 0.258 e. The molecule has 0 heterocycles. The van der Waals surface area contributed by atoms with Gasteiger partial charge in [0.1, 0.15) is 11.6 Å². The molecule has 138 valence electrons. The lowest BCUT2D eigenvalue weighted by Crippen LogP contribution is -2.35. The van der Waals surface area contributed by atoms with Gasteiger partial charge in [0.15, 0.2) is 6.61 Å². The number of halogens is 2. The van der Waals surface area contributed by atoms with Crippen molar-refractivity contribution in [3.8, 4) is 5.75 Å². The third-order valence-electron chi connectivity index (χ3n) is 3.78. The first kappa shape index (κ1) is 19.7. The van der Waals surface area contributed by atoms with Crippen LogP contribution in [0.15, 0.2) is 42.5 Å². The summed E-state index contributed by atoms with van der Waals surface area (Å²) >= 11 is 5.84. The molecule has 1 unspecified atom stereocenters. The Labute approximate surface area is 156 Å². The van der Waals surface area contributed by atoms with E-state index in [1.807, 2.05) is 13.8 Å². The van der Waals surface area contributed by atoms with Gasteiger partial charge in [0.25, 0.3) is 11.8 Å². The monoisotopic (exact) mass is 378 g/mol. The topological polar surface area (TPSA) is 81.4 Å². The van der Waals surface area contributed by atoms with Crippen molar-refractivity contribution >= 4 is 23.4 Å². The molecule has 0 saturated carbocycles. The molecule has 0 aliphatic rings. The van der Waals surface area contributed by atoms with Crippen LogP contribution >= 0.6 is 11.6 Å². The van der Waals surface area contributed by atoms with Crippen molar-refractivity contribution < 1.29 is 18.7 Å². The zero-order chi connectivity index (χ0) is 19.3. The number of hydrogen-bond acceptors (Lipinski definition) is 3. The predicted molar refractivity (Wildman–Crippen MR) is 97.6 cm³/mol. The summed E-state index contributed by atoms with van der Waals surface area (Å²) in [6, 6.07) is 10.1. The molecular formula is C19H20ClFN2O3. The maximum atomic E-state index is 13.1. The molecule has 1 atom stereocenters. The van der Waals surface area contributed by atoms with Crippen molar-refractivity contribution in [1.29, 1.82) is 0 Å². The maximum Gasteiger partial charge on any atom is 0.258 e. The van der Waals surface area contributed by atoms with Crippen LogP contribution < -0.4 is 15.8 Å². The van der Waals surface area contributed by atoms with Crippen molar-refractivity contribution in [2.45, 2.75) is 19.9 Å². The van der Waals surface area contributed by atoms with Gasteiger partial charge >= 0.3 is 0 Å². The van der Waals surface area contributed by atoms with Crippen molar-refractivity contribution in [3.63, 3.8) is 0 Å². The Morgan fingerprint density at radius 2 is 1.85 bits per heavy atom. The second-order valence-corrected chi connectivity index (χ2v) is 6.57. The number of nitrogens with two attached hydrogens (primary N) is 1. The van der Waals surface area contributed by atoms with E-state index < -0.39 is 5.91 Å². The molecule has 0 fully saturated rings. The minimum absolute atomic E-state index is 0.0844. The van der Waals surface area contributed by atoms with E-state index in [9.17, 15) is 14.0 Å². The quantitative estimate of drug-likeness (QED) is 0.774. The zero-order valence-electron chi connectivity index (χ0n) is 14.5. The lowest BCUT2D eigenvalue weighted by Gasteiger charge is -2.23. The molecule has 0 aromatic heterocycles. The summed E-state index contributed by atoms with van der Waals surface area (Å²) in [7, 11) is 0. The van der Waals surface area contributed by atoms with Gasteiger partial charge in [-0.05, 0) is 41.8 Å². The molecule has 2 aromatic rings. The Morgan fingerprint density at radius 3 is 2.42 bits per heavy atom. The van der Waals surface area contributed by atoms with E-state index in [4.69, 9.17) is 22.1 Å². The molecule has 0 saturated heterocycles. The second kappa shape index (κ2) is 8.67. The molecule has 7 heteroatoms. The summed E-state index contributed by atoms with van der Waals surface area (Å²) in [6.45, 7) is 3.59. The number of nitrogens with one attached hydrogen (secondary N) is 1. The number of amides is 2. The number of primary amides is 1. The lowest BCUT2D eigenvalue weighted by molar-refractivity contribution is -0.124. The van der Waals surface area contributed by atoms with Crippen LogP contribution in [-0.2, 0) is 4.79 Å². The molecule has 2 rings (SSSR count). The van der Waals surface area contributed by atoms with Gasteiger partial charge in [-0.2, -0.15) is 0 Å². The van der Waals surface area contributed by atoms with Gasteiger partial charge < -0.3 is 15.8 Å². The molecule has 0 aliphatic heterocycles. The standard InChI is InChI=1S/C19H20ClFN2O3/c1-11(2)18(12-3-6-14(21)7-4-12)23-17(24)10-26-16-8-5-13(20)9-15(16)19(22)25/h3-9,11,18H,10H2,1-2H3,(H2,22,25)(H,23,24). The summed E-state index contributed by atoms with van der Waals surface area (Å²) < 4.78 is 18.5. The number of carbonyl (C=O) groups is 2. The minimum atomic E-state index is -0.700. The average molecular weight is 379 g/mol. The number of hydrogen-bond donors (Lipinski definition) is 2. The normalized spacial score (nSPS) is 11.9. The highest BCUT2D eigenvalue weighted by Gasteiger charge is 2.19. The average Bonchev–Trinajstić information content (AvgIpc) is 2.59. The van der Waals surface area contributed by atoms with Crippen molar-refractivity contribution in [2.24, 2.45) is 11.7 Å². The van der Waals surface area contributed by atoms with Crippen LogP contribution in [0, 0.1) is 11.7 Å². The molecule has 0 aliphatic carbocycles.